The number of benzene rings is 2. The van der Waals surface area contributed by atoms with Gasteiger partial charge in [-0.2, -0.15) is 0 Å². The summed E-state index contributed by atoms with van der Waals surface area (Å²) in [6, 6.07) is 14.6. The molecule has 0 aromatic heterocycles. The quantitative estimate of drug-likeness (QED) is 0.917. The lowest BCUT2D eigenvalue weighted by molar-refractivity contribution is -0.125. The first-order chi connectivity index (χ1) is 11.7. The molecule has 0 bridgehead atoms. The lowest BCUT2D eigenvalue weighted by Crippen LogP contribution is -2.28. The number of hydrogen-bond donors (Lipinski definition) is 1. The van der Waals surface area contributed by atoms with Gasteiger partial charge in [0.2, 0.25) is 6.10 Å². The zero-order chi connectivity index (χ0) is 16.9. The third-order valence-corrected chi connectivity index (χ3v) is 3.72. The standard InChI is InChI=1S/C18H18N2O4/c1-22-14-8-6-12(7-9-14)16-11-17(24-20-16)18(21)19-13-4-3-5-15(10-13)23-2/h3-10,17H,11H2,1-2H3,(H,19,21)/t17-/m0/s1. The zero-order valence-corrected chi connectivity index (χ0v) is 13.5. The van der Waals surface area contributed by atoms with Crippen molar-refractivity contribution >= 4 is 17.3 Å². The van der Waals surface area contributed by atoms with E-state index in [-0.39, 0.29) is 5.91 Å². The summed E-state index contributed by atoms with van der Waals surface area (Å²) in [5, 5.41) is 6.84. The van der Waals surface area contributed by atoms with Crippen LogP contribution in [0.3, 0.4) is 0 Å². The molecule has 0 radical (unpaired) electrons. The van der Waals surface area contributed by atoms with Crippen LogP contribution < -0.4 is 14.8 Å². The van der Waals surface area contributed by atoms with Crippen molar-refractivity contribution in [3.05, 3.63) is 54.1 Å². The Morgan fingerprint density at radius 3 is 2.58 bits per heavy atom. The third kappa shape index (κ3) is 3.48. The molecule has 1 heterocycles. The SMILES string of the molecule is COc1ccc(C2=NO[C@H](C(=O)Nc3cccc(OC)c3)C2)cc1. The predicted molar refractivity (Wildman–Crippen MR) is 90.6 cm³/mol. The summed E-state index contributed by atoms with van der Waals surface area (Å²) < 4.78 is 10.3. The van der Waals surface area contributed by atoms with Crippen molar-refractivity contribution in [1.29, 1.82) is 0 Å². The first-order valence-electron chi connectivity index (χ1n) is 7.51. The van der Waals surface area contributed by atoms with Gasteiger partial charge in [-0.25, -0.2) is 0 Å². The highest BCUT2D eigenvalue weighted by Crippen LogP contribution is 2.22. The summed E-state index contributed by atoms with van der Waals surface area (Å²) in [5.74, 6) is 1.21. The highest BCUT2D eigenvalue weighted by atomic mass is 16.6. The minimum Gasteiger partial charge on any atom is -0.497 e. The number of nitrogens with zero attached hydrogens (tertiary/aromatic N) is 1. The molecule has 2 aromatic carbocycles. The van der Waals surface area contributed by atoms with E-state index in [1.54, 1.807) is 26.4 Å². The van der Waals surface area contributed by atoms with Gasteiger partial charge in [-0.05, 0) is 42.0 Å². The normalized spacial score (nSPS) is 16.1. The molecule has 1 atom stereocenters. The maximum Gasteiger partial charge on any atom is 0.268 e. The second kappa shape index (κ2) is 7.04. The van der Waals surface area contributed by atoms with E-state index in [9.17, 15) is 4.79 Å². The van der Waals surface area contributed by atoms with Gasteiger partial charge in [-0.1, -0.05) is 11.2 Å². The monoisotopic (exact) mass is 326 g/mol. The molecule has 0 saturated carbocycles. The van der Waals surface area contributed by atoms with Crippen molar-refractivity contribution in [1.82, 2.24) is 0 Å². The molecule has 0 spiro atoms. The number of amides is 1. The largest absolute Gasteiger partial charge is 0.497 e. The average Bonchev–Trinajstić information content (AvgIpc) is 3.12. The number of anilines is 1. The number of rotatable bonds is 5. The molecule has 1 aliphatic rings. The second-order valence-electron chi connectivity index (χ2n) is 5.29. The third-order valence-electron chi connectivity index (χ3n) is 3.72. The molecule has 0 saturated heterocycles. The van der Waals surface area contributed by atoms with Crippen LogP contribution in [0.2, 0.25) is 0 Å². The lowest BCUT2D eigenvalue weighted by atomic mass is 10.0. The summed E-state index contributed by atoms with van der Waals surface area (Å²) in [6.07, 6.45) is -0.226. The molecule has 1 amide bonds. The maximum absolute atomic E-state index is 12.3. The van der Waals surface area contributed by atoms with Gasteiger partial charge in [-0.3, -0.25) is 4.79 Å². The van der Waals surface area contributed by atoms with Gasteiger partial charge in [0.1, 0.15) is 11.5 Å². The Kier molecular flexibility index (Phi) is 4.65. The topological polar surface area (TPSA) is 69.2 Å². The van der Waals surface area contributed by atoms with Crippen LogP contribution in [0, 0.1) is 0 Å². The second-order valence-corrected chi connectivity index (χ2v) is 5.29. The number of nitrogens with one attached hydrogen (secondary N) is 1. The van der Waals surface area contributed by atoms with Crippen molar-refractivity contribution in [2.24, 2.45) is 5.16 Å². The van der Waals surface area contributed by atoms with E-state index < -0.39 is 6.10 Å². The molecule has 0 fully saturated rings. The molecule has 1 N–H and O–H groups in total. The van der Waals surface area contributed by atoms with Gasteiger partial charge in [0.25, 0.3) is 5.91 Å². The number of carbonyl (C=O) groups excluding carboxylic acids is 1. The van der Waals surface area contributed by atoms with Crippen LogP contribution in [0.5, 0.6) is 11.5 Å². The smallest absolute Gasteiger partial charge is 0.268 e. The van der Waals surface area contributed by atoms with Crippen LogP contribution in [0.15, 0.2) is 53.7 Å². The number of methoxy groups -OCH3 is 2. The van der Waals surface area contributed by atoms with Gasteiger partial charge in [0.15, 0.2) is 0 Å². The fraction of sp³-hybridized carbons (Fsp3) is 0.222. The summed E-state index contributed by atoms with van der Waals surface area (Å²) in [7, 11) is 3.19. The van der Waals surface area contributed by atoms with Gasteiger partial charge in [0, 0.05) is 18.2 Å². The highest BCUT2D eigenvalue weighted by molar-refractivity contribution is 6.06. The Morgan fingerprint density at radius 2 is 1.88 bits per heavy atom. The first-order valence-corrected chi connectivity index (χ1v) is 7.51. The molecular weight excluding hydrogens is 308 g/mol. The lowest BCUT2D eigenvalue weighted by Gasteiger charge is -2.10. The Labute approximate surface area is 140 Å². The van der Waals surface area contributed by atoms with Crippen molar-refractivity contribution in [2.45, 2.75) is 12.5 Å². The number of hydrogen-bond acceptors (Lipinski definition) is 5. The fourth-order valence-electron chi connectivity index (χ4n) is 2.40. The van der Waals surface area contributed by atoms with E-state index >= 15 is 0 Å². The van der Waals surface area contributed by atoms with E-state index in [0.717, 1.165) is 17.0 Å². The van der Waals surface area contributed by atoms with Crippen molar-refractivity contribution < 1.29 is 19.1 Å². The van der Waals surface area contributed by atoms with E-state index in [0.29, 0.717) is 17.9 Å². The molecule has 6 nitrogen and oxygen atoms in total. The molecular formula is C18H18N2O4. The Balaban J connectivity index is 1.62. The van der Waals surface area contributed by atoms with Crippen LogP contribution >= 0.6 is 0 Å². The van der Waals surface area contributed by atoms with Crippen LogP contribution in [0.25, 0.3) is 0 Å². The van der Waals surface area contributed by atoms with Gasteiger partial charge in [-0.15, -0.1) is 0 Å². The van der Waals surface area contributed by atoms with Crippen molar-refractivity contribution in [3.8, 4) is 11.5 Å². The zero-order valence-electron chi connectivity index (χ0n) is 13.5. The van der Waals surface area contributed by atoms with Crippen molar-refractivity contribution in [3.63, 3.8) is 0 Å². The van der Waals surface area contributed by atoms with Crippen LogP contribution in [-0.4, -0.2) is 31.9 Å². The van der Waals surface area contributed by atoms with E-state index in [1.165, 1.54) is 0 Å². The minimum atomic E-state index is -0.645. The van der Waals surface area contributed by atoms with Gasteiger partial charge >= 0.3 is 0 Å². The van der Waals surface area contributed by atoms with Crippen LogP contribution in [-0.2, 0) is 9.63 Å². The molecule has 1 aliphatic heterocycles. The fourth-order valence-corrected chi connectivity index (χ4v) is 2.40. The molecule has 6 heteroatoms. The van der Waals surface area contributed by atoms with Crippen molar-refractivity contribution in [2.75, 3.05) is 19.5 Å². The summed E-state index contributed by atoms with van der Waals surface area (Å²) in [6.45, 7) is 0. The molecule has 0 unspecified atom stereocenters. The minimum absolute atomic E-state index is 0.240. The number of carbonyl (C=O) groups is 1. The highest BCUT2D eigenvalue weighted by Gasteiger charge is 2.29. The molecule has 124 valence electrons. The van der Waals surface area contributed by atoms with Gasteiger partial charge < -0.3 is 19.6 Å². The Bertz CT molecular complexity index is 756. The Morgan fingerprint density at radius 1 is 1.12 bits per heavy atom. The Hall–Kier alpha value is -3.02. The number of oxime groups is 1. The summed E-state index contributed by atoms with van der Waals surface area (Å²) in [5.41, 5.74) is 2.30. The van der Waals surface area contributed by atoms with E-state index in [4.69, 9.17) is 14.3 Å². The van der Waals surface area contributed by atoms with Crippen LogP contribution in [0.1, 0.15) is 12.0 Å². The molecule has 0 aliphatic carbocycles. The maximum atomic E-state index is 12.3. The average molecular weight is 326 g/mol. The number of ether oxygens (including phenoxy) is 2. The van der Waals surface area contributed by atoms with E-state index in [1.807, 2.05) is 36.4 Å². The molecule has 2 aromatic rings. The molecule has 24 heavy (non-hydrogen) atoms. The van der Waals surface area contributed by atoms with Crippen LogP contribution in [0.4, 0.5) is 5.69 Å². The first kappa shape index (κ1) is 15.9. The predicted octanol–water partition coefficient (Wildman–Crippen LogP) is 2.84. The van der Waals surface area contributed by atoms with E-state index in [2.05, 4.69) is 10.5 Å². The van der Waals surface area contributed by atoms with Gasteiger partial charge in [0.05, 0.1) is 19.9 Å². The molecule has 3 rings (SSSR count). The summed E-state index contributed by atoms with van der Waals surface area (Å²) >= 11 is 0. The summed E-state index contributed by atoms with van der Waals surface area (Å²) in [4.78, 5) is 17.6.